The van der Waals surface area contributed by atoms with E-state index in [0.29, 0.717) is 4.68 Å². The molecule has 7 nitrogen and oxygen atoms in total. The van der Waals surface area contributed by atoms with E-state index in [1.54, 1.807) is 0 Å². The molecule has 24 heavy (non-hydrogen) atoms. The van der Waals surface area contributed by atoms with Gasteiger partial charge >= 0.3 is 6.18 Å². The minimum Gasteiger partial charge on any atom is -0.315 e. The molecular weight excluding hydrogens is 376 g/mol. The average Bonchev–Trinajstić information content (AvgIpc) is 2.75. The van der Waals surface area contributed by atoms with Gasteiger partial charge in [-0.05, 0) is 12.1 Å². The van der Waals surface area contributed by atoms with Crippen molar-refractivity contribution >= 4 is 40.5 Å². The fourth-order valence-electron chi connectivity index (χ4n) is 1.87. The molecule has 0 aliphatic carbocycles. The van der Waals surface area contributed by atoms with E-state index >= 15 is 0 Å². The smallest absolute Gasteiger partial charge is 0.315 e. The van der Waals surface area contributed by atoms with Crippen LogP contribution >= 0.6 is 23.2 Å². The van der Waals surface area contributed by atoms with Crippen molar-refractivity contribution in [3.8, 4) is 0 Å². The van der Waals surface area contributed by atoms with Gasteiger partial charge in [-0.1, -0.05) is 23.2 Å². The molecule has 0 aliphatic rings. The zero-order chi connectivity index (χ0) is 18.2. The number of carbonyl (C=O) groups is 1. The predicted octanol–water partition coefficient (Wildman–Crippen LogP) is 3.91. The number of nitrogens with one attached hydrogen (secondary N) is 1. The maximum atomic E-state index is 12.8. The van der Waals surface area contributed by atoms with Crippen LogP contribution in [-0.4, -0.2) is 20.6 Å². The lowest BCUT2D eigenvalue weighted by atomic mass is 10.2. The monoisotopic (exact) mass is 382 g/mol. The highest BCUT2D eigenvalue weighted by molar-refractivity contribution is 6.35. The molecule has 1 heterocycles. The SMILES string of the molecule is Cn1nc(C(F)(F)F)c(Cl)c1C(=O)Nc1ccc(Cl)cc1[N+](=O)[O-]. The Morgan fingerprint density at radius 2 is 2.00 bits per heavy atom. The van der Waals surface area contributed by atoms with Crippen LogP contribution in [0.5, 0.6) is 0 Å². The summed E-state index contributed by atoms with van der Waals surface area (Å²) in [5.74, 6) is -1.09. The second-order valence-corrected chi connectivity index (χ2v) is 5.32. The quantitative estimate of drug-likeness (QED) is 0.643. The van der Waals surface area contributed by atoms with Crippen molar-refractivity contribution < 1.29 is 22.9 Å². The van der Waals surface area contributed by atoms with Crippen molar-refractivity contribution in [3.63, 3.8) is 0 Å². The standard InChI is InChI=1S/C12H7Cl2F3N4O3/c1-20-9(8(14)10(19-20)12(15,16)17)11(22)18-6-3-2-5(13)4-7(6)21(23)24/h2-4H,1H3,(H,18,22). The molecule has 0 atom stereocenters. The number of alkyl halides is 3. The summed E-state index contributed by atoms with van der Waals surface area (Å²) in [6.07, 6.45) is -4.85. The lowest BCUT2D eigenvalue weighted by molar-refractivity contribution is -0.383. The molecule has 0 saturated heterocycles. The Balaban J connectivity index is 2.42. The van der Waals surface area contributed by atoms with E-state index in [0.717, 1.165) is 19.2 Å². The Morgan fingerprint density at radius 1 is 1.38 bits per heavy atom. The van der Waals surface area contributed by atoms with Gasteiger partial charge in [-0.2, -0.15) is 18.3 Å². The molecule has 2 aromatic rings. The van der Waals surface area contributed by atoms with E-state index in [4.69, 9.17) is 23.2 Å². The van der Waals surface area contributed by atoms with Gasteiger partial charge in [0.2, 0.25) is 0 Å². The van der Waals surface area contributed by atoms with E-state index in [2.05, 4.69) is 10.4 Å². The van der Waals surface area contributed by atoms with Crippen molar-refractivity contribution in [2.75, 3.05) is 5.32 Å². The summed E-state index contributed by atoms with van der Waals surface area (Å²) in [7, 11) is 1.09. The molecule has 1 N–H and O–H groups in total. The number of nitro groups is 1. The first kappa shape index (κ1) is 18.0. The first-order valence-corrected chi connectivity index (χ1v) is 6.83. The molecule has 12 heteroatoms. The summed E-state index contributed by atoms with van der Waals surface area (Å²) in [6, 6.07) is 3.41. The number of aromatic nitrogens is 2. The molecule has 0 unspecified atom stereocenters. The Hall–Kier alpha value is -2.33. The molecule has 1 aromatic carbocycles. The van der Waals surface area contributed by atoms with Crippen LogP contribution < -0.4 is 5.32 Å². The molecule has 1 aromatic heterocycles. The van der Waals surface area contributed by atoms with Gasteiger partial charge in [0.05, 0.1) is 4.92 Å². The fourth-order valence-corrected chi connectivity index (χ4v) is 2.39. The van der Waals surface area contributed by atoms with Gasteiger partial charge in [-0.3, -0.25) is 19.6 Å². The van der Waals surface area contributed by atoms with Gasteiger partial charge in [-0.25, -0.2) is 0 Å². The van der Waals surface area contributed by atoms with Crippen molar-refractivity contribution in [1.82, 2.24) is 9.78 Å². The van der Waals surface area contributed by atoms with Crippen LogP contribution in [0.1, 0.15) is 16.2 Å². The maximum Gasteiger partial charge on any atom is 0.436 e. The second-order valence-electron chi connectivity index (χ2n) is 4.51. The lowest BCUT2D eigenvalue weighted by Crippen LogP contribution is -2.17. The van der Waals surface area contributed by atoms with Gasteiger partial charge < -0.3 is 5.32 Å². The van der Waals surface area contributed by atoms with Crippen LogP contribution in [0.2, 0.25) is 10.0 Å². The van der Waals surface area contributed by atoms with Crippen LogP contribution in [0, 0.1) is 10.1 Å². The number of anilines is 1. The first-order valence-electron chi connectivity index (χ1n) is 6.07. The number of hydrogen-bond acceptors (Lipinski definition) is 4. The number of benzene rings is 1. The van der Waals surface area contributed by atoms with Gasteiger partial charge in [0.1, 0.15) is 16.4 Å². The van der Waals surface area contributed by atoms with Crippen molar-refractivity contribution in [3.05, 3.63) is 49.7 Å². The predicted molar refractivity (Wildman–Crippen MR) is 79.3 cm³/mol. The maximum absolute atomic E-state index is 12.8. The summed E-state index contributed by atoms with van der Waals surface area (Å²) in [6.45, 7) is 0. The number of amides is 1. The van der Waals surface area contributed by atoms with Crippen LogP contribution in [0.15, 0.2) is 18.2 Å². The van der Waals surface area contributed by atoms with Gasteiger partial charge in [-0.15, -0.1) is 0 Å². The minimum atomic E-state index is -4.85. The van der Waals surface area contributed by atoms with Gasteiger partial charge in [0.25, 0.3) is 11.6 Å². The topological polar surface area (TPSA) is 90.1 Å². The third-order valence-corrected chi connectivity index (χ3v) is 3.47. The van der Waals surface area contributed by atoms with Crippen LogP contribution in [0.3, 0.4) is 0 Å². The Bertz CT molecular complexity index is 836. The average molecular weight is 383 g/mol. The summed E-state index contributed by atoms with van der Waals surface area (Å²) in [5, 5.41) is 15.4. The fraction of sp³-hybridized carbons (Fsp3) is 0.167. The van der Waals surface area contributed by atoms with E-state index in [-0.39, 0.29) is 10.7 Å². The highest BCUT2D eigenvalue weighted by Crippen LogP contribution is 2.36. The zero-order valence-electron chi connectivity index (χ0n) is 11.7. The van der Waals surface area contributed by atoms with E-state index < -0.39 is 39.1 Å². The largest absolute Gasteiger partial charge is 0.436 e. The van der Waals surface area contributed by atoms with E-state index in [9.17, 15) is 28.1 Å². The summed E-state index contributed by atoms with van der Waals surface area (Å²) < 4.78 is 38.9. The molecule has 0 saturated carbocycles. The molecule has 0 fully saturated rings. The Kier molecular flexibility index (Phi) is 4.72. The highest BCUT2D eigenvalue weighted by atomic mass is 35.5. The number of nitrogens with zero attached hydrogens (tertiary/aromatic N) is 3. The van der Waals surface area contributed by atoms with Crippen LogP contribution in [-0.2, 0) is 13.2 Å². The van der Waals surface area contributed by atoms with E-state index in [1.807, 2.05) is 0 Å². The summed E-state index contributed by atoms with van der Waals surface area (Å²) in [4.78, 5) is 22.3. The van der Waals surface area contributed by atoms with Gasteiger partial charge in [0, 0.05) is 18.1 Å². The summed E-state index contributed by atoms with van der Waals surface area (Å²) in [5.41, 5.74) is -2.79. The number of nitro benzene ring substituents is 1. The third kappa shape index (κ3) is 3.44. The Labute approximate surface area is 142 Å². The molecule has 0 radical (unpaired) electrons. The molecule has 2 rings (SSSR count). The lowest BCUT2D eigenvalue weighted by Gasteiger charge is -2.07. The van der Waals surface area contributed by atoms with Crippen molar-refractivity contribution in [2.45, 2.75) is 6.18 Å². The van der Waals surface area contributed by atoms with Crippen LogP contribution in [0.4, 0.5) is 24.5 Å². The minimum absolute atomic E-state index is 0.0534. The number of rotatable bonds is 3. The normalized spacial score (nSPS) is 11.4. The summed E-state index contributed by atoms with van der Waals surface area (Å²) >= 11 is 11.2. The second kappa shape index (κ2) is 6.29. The molecule has 0 aliphatic heterocycles. The Morgan fingerprint density at radius 3 is 2.50 bits per heavy atom. The van der Waals surface area contributed by atoms with Crippen molar-refractivity contribution in [1.29, 1.82) is 0 Å². The van der Waals surface area contributed by atoms with Crippen molar-refractivity contribution in [2.24, 2.45) is 7.05 Å². The highest BCUT2D eigenvalue weighted by Gasteiger charge is 2.39. The van der Waals surface area contributed by atoms with E-state index in [1.165, 1.54) is 6.07 Å². The molecule has 0 bridgehead atoms. The number of halogens is 5. The molecule has 0 spiro atoms. The zero-order valence-corrected chi connectivity index (χ0v) is 13.2. The number of aryl methyl sites for hydroxylation is 1. The molecular formula is C12H7Cl2F3N4O3. The first-order chi connectivity index (χ1) is 11.0. The van der Waals surface area contributed by atoms with Crippen LogP contribution in [0.25, 0.3) is 0 Å². The number of hydrogen-bond donors (Lipinski definition) is 1. The van der Waals surface area contributed by atoms with Gasteiger partial charge in [0.15, 0.2) is 5.69 Å². The molecule has 128 valence electrons. The number of carbonyl (C=O) groups excluding carboxylic acids is 1. The third-order valence-electron chi connectivity index (χ3n) is 2.88. The molecule has 1 amide bonds.